The van der Waals surface area contributed by atoms with Crippen molar-refractivity contribution in [3.63, 3.8) is 0 Å². The number of benzene rings is 1. The molecule has 1 unspecified atom stereocenters. The Hall–Kier alpha value is -0.640. The molecule has 1 heterocycles. The Kier molecular flexibility index (Phi) is 4.02. The second-order valence-electron chi connectivity index (χ2n) is 4.26. The molecule has 1 aromatic heterocycles. The molecule has 0 aliphatic heterocycles. The lowest BCUT2D eigenvalue weighted by molar-refractivity contribution is 0.179. The average Bonchev–Trinajstić information content (AvgIpc) is 2.68. The van der Waals surface area contributed by atoms with Crippen LogP contribution in [-0.4, -0.2) is 5.11 Å². The fourth-order valence-corrected chi connectivity index (χ4v) is 3.29. The summed E-state index contributed by atoms with van der Waals surface area (Å²) in [7, 11) is 0. The van der Waals surface area contributed by atoms with E-state index in [9.17, 15) is 5.11 Å². The number of aryl methyl sites for hydroxylation is 2. The number of hydrogen-bond acceptors (Lipinski definition) is 2. The van der Waals surface area contributed by atoms with Crippen LogP contribution >= 0.6 is 27.3 Å². The van der Waals surface area contributed by atoms with Crippen molar-refractivity contribution in [3.05, 3.63) is 55.7 Å². The molecule has 3 heteroatoms. The van der Waals surface area contributed by atoms with E-state index in [2.05, 4.69) is 41.9 Å². The first-order chi connectivity index (χ1) is 8.08. The van der Waals surface area contributed by atoms with Crippen LogP contribution in [0.3, 0.4) is 0 Å². The summed E-state index contributed by atoms with van der Waals surface area (Å²) in [6.07, 6.45) is 0.241. The molecule has 0 amide bonds. The first kappa shape index (κ1) is 12.8. The van der Waals surface area contributed by atoms with Gasteiger partial charge in [-0.05, 0) is 57.9 Å². The SMILES string of the molecule is Cc1ccc(C(O)Cc2sccc2Br)cc1C. The van der Waals surface area contributed by atoms with Crippen molar-refractivity contribution in [2.75, 3.05) is 0 Å². The minimum atomic E-state index is -0.427. The molecule has 0 spiro atoms. The van der Waals surface area contributed by atoms with Crippen LogP contribution in [-0.2, 0) is 6.42 Å². The van der Waals surface area contributed by atoms with Crippen molar-refractivity contribution in [2.45, 2.75) is 26.4 Å². The smallest absolute Gasteiger partial charge is 0.0838 e. The third-order valence-corrected chi connectivity index (χ3v) is 4.93. The van der Waals surface area contributed by atoms with E-state index in [4.69, 9.17) is 0 Å². The minimum absolute atomic E-state index is 0.427. The monoisotopic (exact) mass is 310 g/mol. The normalized spacial score (nSPS) is 12.7. The first-order valence-corrected chi connectivity index (χ1v) is 7.22. The molecule has 2 aromatic rings. The highest BCUT2D eigenvalue weighted by atomic mass is 79.9. The topological polar surface area (TPSA) is 20.2 Å². The molecule has 0 aliphatic carbocycles. The van der Waals surface area contributed by atoms with Crippen LogP contribution in [0.25, 0.3) is 0 Å². The number of aliphatic hydroxyl groups is 1. The lowest BCUT2D eigenvalue weighted by Gasteiger charge is -2.12. The Bertz CT molecular complexity index is 519. The first-order valence-electron chi connectivity index (χ1n) is 5.55. The molecule has 90 valence electrons. The summed E-state index contributed by atoms with van der Waals surface area (Å²) in [6, 6.07) is 8.17. The highest BCUT2D eigenvalue weighted by Crippen LogP contribution is 2.28. The molecule has 2 rings (SSSR count). The van der Waals surface area contributed by atoms with Crippen LogP contribution in [0.4, 0.5) is 0 Å². The van der Waals surface area contributed by atoms with Crippen LogP contribution in [0.2, 0.25) is 0 Å². The van der Waals surface area contributed by atoms with Crippen LogP contribution in [0, 0.1) is 13.8 Å². The van der Waals surface area contributed by atoms with Crippen molar-refractivity contribution in [1.82, 2.24) is 0 Å². The van der Waals surface area contributed by atoms with Gasteiger partial charge in [0.2, 0.25) is 0 Å². The van der Waals surface area contributed by atoms with Gasteiger partial charge >= 0.3 is 0 Å². The highest BCUT2D eigenvalue weighted by molar-refractivity contribution is 9.10. The van der Waals surface area contributed by atoms with Crippen molar-refractivity contribution in [2.24, 2.45) is 0 Å². The Balaban J connectivity index is 2.17. The molecule has 1 atom stereocenters. The predicted molar refractivity (Wildman–Crippen MR) is 76.6 cm³/mol. The molecule has 0 saturated heterocycles. The molecule has 0 aliphatic rings. The standard InChI is InChI=1S/C14H15BrOS/c1-9-3-4-11(7-10(9)2)13(16)8-14-12(15)5-6-17-14/h3-7,13,16H,8H2,1-2H3. The maximum atomic E-state index is 10.2. The number of hydrogen-bond donors (Lipinski definition) is 1. The zero-order valence-corrected chi connectivity index (χ0v) is 12.3. The molecular formula is C14H15BrOS. The second kappa shape index (κ2) is 5.34. The third kappa shape index (κ3) is 2.97. The summed E-state index contributed by atoms with van der Waals surface area (Å²) in [4.78, 5) is 1.19. The fraction of sp³-hybridized carbons (Fsp3) is 0.286. The lowest BCUT2D eigenvalue weighted by Crippen LogP contribution is -2.01. The molecule has 0 fully saturated rings. The van der Waals surface area contributed by atoms with E-state index in [-0.39, 0.29) is 0 Å². The lowest BCUT2D eigenvalue weighted by atomic mass is 10.0. The predicted octanol–water partition coefficient (Wildman–Crippen LogP) is 4.40. The summed E-state index contributed by atoms with van der Waals surface area (Å²) < 4.78 is 1.09. The van der Waals surface area contributed by atoms with Crippen molar-refractivity contribution < 1.29 is 5.11 Å². The Morgan fingerprint density at radius 2 is 2.00 bits per heavy atom. The van der Waals surface area contributed by atoms with E-state index >= 15 is 0 Å². The number of thiophene rings is 1. The van der Waals surface area contributed by atoms with Gasteiger partial charge in [0.1, 0.15) is 0 Å². The Labute approximate surface area is 114 Å². The molecule has 0 saturated carbocycles. The minimum Gasteiger partial charge on any atom is -0.388 e. The van der Waals surface area contributed by atoms with Gasteiger partial charge in [-0.25, -0.2) is 0 Å². The zero-order chi connectivity index (χ0) is 12.4. The third-order valence-electron chi connectivity index (χ3n) is 2.99. The van der Waals surface area contributed by atoms with Gasteiger partial charge in [-0.1, -0.05) is 18.2 Å². The van der Waals surface area contributed by atoms with Crippen molar-refractivity contribution in [1.29, 1.82) is 0 Å². The summed E-state index contributed by atoms with van der Waals surface area (Å²) in [5.41, 5.74) is 3.48. The maximum Gasteiger partial charge on any atom is 0.0838 e. The van der Waals surface area contributed by atoms with E-state index in [0.717, 1.165) is 10.0 Å². The molecule has 1 aromatic carbocycles. The van der Waals surface area contributed by atoms with Gasteiger partial charge in [0.15, 0.2) is 0 Å². The fourth-order valence-electron chi connectivity index (χ4n) is 1.74. The van der Waals surface area contributed by atoms with Gasteiger partial charge in [0, 0.05) is 15.8 Å². The Morgan fingerprint density at radius 3 is 2.59 bits per heavy atom. The van der Waals surface area contributed by atoms with Gasteiger partial charge in [-0.3, -0.25) is 0 Å². The quantitative estimate of drug-likeness (QED) is 0.890. The van der Waals surface area contributed by atoms with Crippen molar-refractivity contribution >= 4 is 27.3 Å². The number of rotatable bonds is 3. The number of halogens is 1. The van der Waals surface area contributed by atoms with E-state index in [1.54, 1.807) is 11.3 Å². The summed E-state index contributed by atoms with van der Waals surface area (Å²) in [5.74, 6) is 0. The second-order valence-corrected chi connectivity index (χ2v) is 6.11. The summed E-state index contributed by atoms with van der Waals surface area (Å²) >= 11 is 5.17. The van der Waals surface area contributed by atoms with E-state index < -0.39 is 6.10 Å². The molecular weight excluding hydrogens is 296 g/mol. The van der Waals surface area contributed by atoms with E-state index in [1.807, 2.05) is 17.5 Å². The number of aliphatic hydroxyl groups excluding tert-OH is 1. The summed E-state index contributed by atoms with van der Waals surface area (Å²) in [5, 5.41) is 12.3. The van der Waals surface area contributed by atoms with Gasteiger partial charge in [0.05, 0.1) is 6.10 Å². The molecule has 0 bridgehead atoms. The summed E-state index contributed by atoms with van der Waals surface area (Å²) in [6.45, 7) is 4.16. The average molecular weight is 311 g/mol. The highest BCUT2D eigenvalue weighted by Gasteiger charge is 2.12. The van der Waals surface area contributed by atoms with Crippen LogP contribution < -0.4 is 0 Å². The van der Waals surface area contributed by atoms with E-state index in [1.165, 1.54) is 16.0 Å². The van der Waals surface area contributed by atoms with Gasteiger partial charge in [-0.2, -0.15) is 0 Å². The van der Waals surface area contributed by atoms with Crippen molar-refractivity contribution in [3.8, 4) is 0 Å². The molecule has 1 nitrogen and oxygen atoms in total. The van der Waals surface area contributed by atoms with Gasteiger partial charge < -0.3 is 5.11 Å². The van der Waals surface area contributed by atoms with Gasteiger partial charge in [0.25, 0.3) is 0 Å². The maximum absolute atomic E-state index is 10.2. The van der Waals surface area contributed by atoms with E-state index in [0.29, 0.717) is 6.42 Å². The molecule has 17 heavy (non-hydrogen) atoms. The van der Waals surface area contributed by atoms with Crippen LogP contribution in [0.5, 0.6) is 0 Å². The van der Waals surface area contributed by atoms with Crippen LogP contribution in [0.1, 0.15) is 27.7 Å². The zero-order valence-electron chi connectivity index (χ0n) is 9.90. The van der Waals surface area contributed by atoms with Gasteiger partial charge in [-0.15, -0.1) is 11.3 Å². The largest absolute Gasteiger partial charge is 0.388 e. The molecule has 0 radical (unpaired) electrons. The Morgan fingerprint density at radius 1 is 1.24 bits per heavy atom. The molecule has 1 N–H and O–H groups in total. The van der Waals surface area contributed by atoms with Crippen LogP contribution in [0.15, 0.2) is 34.1 Å².